The number of aliphatic hydroxyl groups excluding tert-OH is 1. The first-order chi connectivity index (χ1) is 12.2. The monoisotopic (exact) mass is 419 g/mol. The van der Waals surface area contributed by atoms with Crippen molar-refractivity contribution in [1.82, 2.24) is 9.97 Å². The molecular weight excluding hydrogens is 402 g/mol. The lowest BCUT2D eigenvalue weighted by Gasteiger charge is -2.37. The molecule has 1 N–H and O–H groups in total. The standard InChI is InChI=1S/C18H18BrN3O2S/c19-12-3-4-15-14(8-12)18(21-11-20-15)22-5-6-24-10-13(22)9-16(23)17-2-1-7-25-17/h1-4,7-8,11,13,16,23H,5-6,9-10H2. The highest BCUT2D eigenvalue weighted by molar-refractivity contribution is 9.10. The molecule has 1 aromatic carbocycles. The molecule has 0 spiro atoms. The molecular formula is C18H18BrN3O2S. The summed E-state index contributed by atoms with van der Waals surface area (Å²) >= 11 is 5.11. The third-order valence-corrected chi connectivity index (χ3v) is 5.91. The molecule has 0 radical (unpaired) electrons. The van der Waals surface area contributed by atoms with Crippen molar-refractivity contribution in [3.8, 4) is 0 Å². The average Bonchev–Trinajstić information content (AvgIpc) is 3.17. The van der Waals surface area contributed by atoms with Crippen molar-refractivity contribution < 1.29 is 9.84 Å². The Morgan fingerprint density at radius 2 is 2.28 bits per heavy atom. The minimum atomic E-state index is -0.492. The van der Waals surface area contributed by atoms with E-state index in [1.54, 1.807) is 17.7 Å². The number of fused-ring (bicyclic) bond motifs is 1. The van der Waals surface area contributed by atoms with Crippen LogP contribution in [0.2, 0.25) is 0 Å². The Balaban J connectivity index is 1.66. The summed E-state index contributed by atoms with van der Waals surface area (Å²) in [6.45, 7) is 1.99. The summed E-state index contributed by atoms with van der Waals surface area (Å²) in [5, 5.41) is 13.6. The van der Waals surface area contributed by atoms with Gasteiger partial charge in [0.2, 0.25) is 0 Å². The fourth-order valence-corrected chi connectivity index (χ4v) is 4.31. The lowest BCUT2D eigenvalue weighted by Crippen LogP contribution is -2.46. The Hall–Kier alpha value is -1.54. The molecule has 2 aromatic heterocycles. The van der Waals surface area contributed by atoms with Gasteiger partial charge in [0.05, 0.1) is 30.9 Å². The molecule has 1 fully saturated rings. The van der Waals surface area contributed by atoms with Crippen LogP contribution in [0.1, 0.15) is 17.4 Å². The third-order valence-electron chi connectivity index (χ3n) is 4.44. The maximum Gasteiger partial charge on any atom is 0.140 e. The second kappa shape index (κ2) is 7.37. The zero-order valence-electron chi connectivity index (χ0n) is 13.5. The van der Waals surface area contributed by atoms with E-state index in [2.05, 4.69) is 30.8 Å². The van der Waals surface area contributed by atoms with Gasteiger partial charge in [-0.15, -0.1) is 11.3 Å². The fourth-order valence-electron chi connectivity index (χ4n) is 3.23. The number of thiophene rings is 1. The zero-order valence-corrected chi connectivity index (χ0v) is 15.9. The number of aliphatic hydroxyl groups is 1. The van der Waals surface area contributed by atoms with Crippen LogP contribution in [0.15, 0.2) is 46.5 Å². The number of rotatable bonds is 4. The van der Waals surface area contributed by atoms with Crippen LogP contribution in [0.4, 0.5) is 5.82 Å². The van der Waals surface area contributed by atoms with E-state index < -0.39 is 6.10 Å². The van der Waals surface area contributed by atoms with Crippen LogP contribution in [-0.4, -0.2) is 40.9 Å². The number of aromatic nitrogens is 2. The van der Waals surface area contributed by atoms with Gasteiger partial charge in [-0.2, -0.15) is 0 Å². The Morgan fingerprint density at radius 3 is 3.12 bits per heavy atom. The topological polar surface area (TPSA) is 58.5 Å². The van der Waals surface area contributed by atoms with Crippen LogP contribution in [-0.2, 0) is 4.74 Å². The summed E-state index contributed by atoms with van der Waals surface area (Å²) in [5.41, 5.74) is 0.914. The van der Waals surface area contributed by atoms with Crippen LogP contribution in [0.5, 0.6) is 0 Å². The Bertz CT molecular complexity index is 859. The van der Waals surface area contributed by atoms with Gasteiger partial charge < -0.3 is 14.7 Å². The van der Waals surface area contributed by atoms with Crippen molar-refractivity contribution in [3.05, 3.63) is 51.4 Å². The summed E-state index contributed by atoms with van der Waals surface area (Å²) in [4.78, 5) is 12.2. The second-order valence-electron chi connectivity index (χ2n) is 6.05. The van der Waals surface area contributed by atoms with E-state index in [4.69, 9.17) is 4.74 Å². The van der Waals surface area contributed by atoms with Crippen molar-refractivity contribution >= 4 is 44.0 Å². The largest absolute Gasteiger partial charge is 0.387 e. The van der Waals surface area contributed by atoms with Crippen molar-refractivity contribution in [2.75, 3.05) is 24.7 Å². The zero-order chi connectivity index (χ0) is 17.2. The highest BCUT2D eigenvalue weighted by Crippen LogP contribution is 2.32. The average molecular weight is 420 g/mol. The predicted molar refractivity (Wildman–Crippen MR) is 103 cm³/mol. The van der Waals surface area contributed by atoms with Gasteiger partial charge in [0, 0.05) is 27.7 Å². The number of nitrogens with zero attached hydrogens (tertiary/aromatic N) is 3. The molecule has 1 aliphatic rings. The molecule has 0 amide bonds. The number of morpholine rings is 1. The molecule has 0 bridgehead atoms. The quantitative estimate of drug-likeness (QED) is 0.696. The van der Waals surface area contributed by atoms with Gasteiger partial charge in [-0.1, -0.05) is 22.0 Å². The maximum atomic E-state index is 10.6. The van der Waals surface area contributed by atoms with Crippen molar-refractivity contribution in [2.45, 2.75) is 18.6 Å². The lowest BCUT2D eigenvalue weighted by atomic mass is 10.1. The minimum Gasteiger partial charge on any atom is -0.387 e. The van der Waals surface area contributed by atoms with E-state index in [-0.39, 0.29) is 6.04 Å². The fraction of sp³-hybridized carbons (Fsp3) is 0.333. The number of halogens is 1. The predicted octanol–water partition coefficient (Wildman–Crippen LogP) is 3.78. The molecule has 2 unspecified atom stereocenters. The second-order valence-corrected chi connectivity index (χ2v) is 7.94. The van der Waals surface area contributed by atoms with E-state index >= 15 is 0 Å². The van der Waals surface area contributed by atoms with Crippen molar-refractivity contribution in [1.29, 1.82) is 0 Å². The molecule has 3 heterocycles. The van der Waals surface area contributed by atoms with Crippen molar-refractivity contribution in [3.63, 3.8) is 0 Å². The van der Waals surface area contributed by atoms with E-state index in [0.29, 0.717) is 19.6 Å². The highest BCUT2D eigenvalue weighted by atomic mass is 79.9. The SMILES string of the molecule is OC(CC1COCCN1c1ncnc2ccc(Br)cc12)c1cccs1. The van der Waals surface area contributed by atoms with E-state index in [1.807, 2.05) is 35.7 Å². The molecule has 3 aromatic rings. The number of hydrogen-bond acceptors (Lipinski definition) is 6. The number of benzene rings is 1. The lowest BCUT2D eigenvalue weighted by molar-refractivity contribution is 0.0686. The molecule has 25 heavy (non-hydrogen) atoms. The molecule has 7 heteroatoms. The summed E-state index contributed by atoms with van der Waals surface area (Å²) in [6.07, 6.45) is 1.72. The number of ether oxygens (including phenoxy) is 1. The maximum absolute atomic E-state index is 10.6. The molecule has 130 valence electrons. The van der Waals surface area contributed by atoms with E-state index in [1.165, 1.54) is 0 Å². The first-order valence-electron chi connectivity index (χ1n) is 8.18. The normalized spacial score (nSPS) is 19.3. The molecule has 0 saturated carbocycles. The highest BCUT2D eigenvalue weighted by Gasteiger charge is 2.28. The van der Waals surface area contributed by atoms with E-state index in [0.717, 1.165) is 32.6 Å². The third kappa shape index (κ3) is 3.55. The molecule has 0 aliphatic carbocycles. The van der Waals surface area contributed by atoms with Crippen LogP contribution < -0.4 is 4.90 Å². The van der Waals surface area contributed by atoms with Crippen LogP contribution in [0, 0.1) is 0 Å². The van der Waals surface area contributed by atoms with Gasteiger partial charge in [-0.25, -0.2) is 9.97 Å². The first kappa shape index (κ1) is 16.9. The van der Waals surface area contributed by atoms with Crippen LogP contribution in [0.3, 0.4) is 0 Å². The minimum absolute atomic E-state index is 0.0722. The Kier molecular flexibility index (Phi) is 4.98. The van der Waals surface area contributed by atoms with Gasteiger partial charge in [0.25, 0.3) is 0 Å². The van der Waals surface area contributed by atoms with Gasteiger partial charge in [0.1, 0.15) is 12.1 Å². The molecule has 1 aliphatic heterocycles. The first-order valence-corrected chi connectivity index (χ1v) is 9.86. The number of anilines is 1. The Morgan fingerprint density at radius 1 is 1.36 bits per heavy atom. The summed E-state index contributed by atoms with van der Waals surface area (Å²) < 4.78 is 6.69. The van der Waals surface area contributed by atoms with Gasteiger partial charge in [0.15, 0.2) is 0 Å². The van der Waals surface area contributed by atoms with E-state index in [9.17, 15) is 5.11 Å². The molecule has 2 atom stereocenters. The summed E-state index contributed by atoms with van der Waals surface area (Å²) in [7, 11) is 0. The summed E-state index contributed by atoms with van der Waals surface area (Å²) in [5.74, 6) is 0.901. The van der Waals surface area contributed by atoms with Gasteiger partial charge in [-0.05, 0) is 29.6 Å². The van der Waals surface area contributed by atoms with Gasteiger partial charge in [-0.3, -0.25) is 0 Å². The smallest absolute Gasteiger partial charge is 0.140 e. The van der Waals surface area contributed by atoms with Crippen LogP contribution >= 0.6 is 27.3 Å². The van der Waals surface area contributed by atoms with Gasteiger partial charge >= 0.3 is 0 Å². The van der Waals surface area contributed by atoms with Crippen molar-refractivity contribution in [2.24, 2.45) is 0 Å². The molecule has 5 nitrogen and oxygen atoms in total. The number of hydrogen-bond donors (Lipinski definition) is 1. The van der Waals surface area contributed by atoms with Crippen LogP contribution in [0.25, 0.3) is 10.9 Å². The Labute approximate surface area is 158 Å². The molecule has 1 saturated heterocycles. The summed E-state index contributed by atoms with van der Waals surface area (Å²) in [6, 6.07) is 10.0. The molecule has 4 rings (SSSR count).